The van der Waals surface area contributed by atoms with Gasteiger partial charge in [0.05, 0.1) is 21.6 Å². The molecule has 0 spiro atoms. The normalized spacial score (nSPS) is 11.3. The molecule has 0 aliphatic carbocycles. The van der Waals surface area contributed by atoms with Crippen LogP contribution in [0.2, 0.25) is 0 Å². The number of aromatic nitrogens is 1. The third-order valence-electron chi connectivity index (χ3n) is 4.31. The number of nitrogens with zero attached hydrogens (tertiary/aromatic N) is 4. The molecule has 1 N–H and O–H groups in total. The van der Waals surface area contributed by atoms with Crippen molar-refractivity contribution in [1.82, 2.24) is 4.98 Å². The fraction of sp³-hybridized carbons (Fsp3) is 0. The second-order valence-corrected chi connectivity index (χ2v) is 6.36. The number of aliphatic imine (C=N–C) groups is 1. The lowest BCUT2D eigenvalue weighted by atomic mass is 10.1. The van der Waals surface area contributed by atoms with Gasteiger partial charge in [0.2, 0.25) is 11.6 Å². The molecule has 0 saturated carbocycles. The van der Waals surface area contributed by atoms with Gasteiger partial charge in [0.1, 0.15) is 11.3 Å². The summed E-state index contributed by atoms with van der Waals surface area (Å²) in [6.45, 7) is 0. The van der Waals surface area contributed by atoms with Crippen LogP contribution in [0.1, 0.15) is 5.56 Å². The zero-order valence-electron chi connectivity index (χ0n) is 15.4. The summed E-state index contributed by atoms with van der Waals surface area (Å²) >= 11 is 0. The van der Waals surface area contributed by atoms with Crippen molar-refractivity contribution in [2.75, 3.05) is 0 Å². The third-order valence-corrected chi connectivity index (χ3v) is 4.31. The van der Waals surface area contributed by atoms with Crippen LogP contribution >= 0.6 is 0 Å². The summed E-state index contributed by atoms with van der Waals surface area (Å²) in [5.74, 6) is -0.964. The average molecular weight is 422 g/mol. The van der Waals surface area contributed by atoms with Crippen molar-refractivity contribution in [3.05, 3.63) is 86.2 Å². The summed E-state index contributed by atoms with van der Waals surface area (Å²) in [6.07, 6.45) is 1.07. The van der Waals surface area contributed by atoms with E-state index >= 15 is 0 Å². The predicted octanol–water partition coefficient (Wildman–Crippen LogP) is 4.91. The van der Waals surface area contributed by atoms with E-state index in [4.69, 9.17) is 4.42 Å². The van der Waals surface area contributed by atoms with Crippen LogP contribution in [0.5, 0.6) is 5.75 Å². The molecule has 1 aromatic heterocycles. The maximum atomic E-state index is 13.4. The highest BCUT2D eigenvalue weighted by atomic mass is 19.1. The van der Waals surface area contributed by atoms with E-state index in [-0.39, 0.29) is 11.5 Å². The number of phenols is 1. The molecule has 0 unspecified atom stereocenters. The first kappa shape index (κ1) is 19.6. The van der Waals surface area contributed by atoms with E-state index in [0.717, 1.165) is 12.3 Å². The summed E-state index contributed by atoms with van der Waals surface area (Å²) < 4.78 is 19.0. The molecular weight excluding hydrogens is 411 g/mol. The van der Waals surface area contributed by atoms with Crippen molar-refractivity contribution in [1.29, 1.82) is 0 Å². The maximum absolute atomic E-state index is 13.4. The van der Waals surface area contributed by atoms with E-state index < -0.39 is 32.8 Å². The van der Waals surface area contributed by atoms with Gasteiger partial charge >= 0.3 is 5.69 Å². The molecule has 4 aromatic rings. The number of oxazole rings is 1. The Labute approximate surface area is 172 Å². The number of rotatable bonds is 5. The molecule has 0 radical (unpaired) electrons. The Balaban J connectivity index is 1.70. The van der Waals surface area contributed by atoms with Gasteiger partial charge in [-0.25, -0.2) is 9.37 Å². The molecule has 11 heteroatoms. The number of non-ortho nitro benzene ring substituents is 1. The number of hydrogen-bond acceptors (Lipinski definition) is 8. The maximum Gasteiger partial charge on any atom is 0.318 e. The number of phenolic OH excluding ortho intramolecular Hbond substituents is 1. The Bertz CT molecular complexity index is 1380. The van der Waals surface area contributed by atoms with Gasteiger partial charge in [0.15, 0.2) is 5.58 Å². The van der Waals surface area contributed by atoms with Gasteiger partial charge in [-0.15, -0.1) is 0 Å². The summed E-state index contributed by atoms with van der Waals surface area (Å²) in [4.78, 5) is 28.7. The third kappa shape index (κ3) is 3.92. The van der Waals surface area contributed by atoms with Crippen molar-refractivity contribution in [2.45, 2.75) is 0 Å². The highest BCUT2D eigenvalue weighted by molar-refractivity contribution is 5.89. The molecule has 0 fully saturated rings. The van der Waals surface area contributed by atoms with Gasteiger partial charge in [-0.1, -0.05) is 6.07 Å². The molecule has 0 amide bonds. The van der Waals surface area contributed by atoms with Crippen LogP contribution in [0.15, 0.2) is 64.0 Å². The van der Waals surface area contributed by atoms with Crippen molar-refractivity contribution in [3.63, 3.8) is 0 Å². The van der Waals surface area contributed by atoms with Crippen molar-refractivity contribution < 1.29 is 23.8 Å². The molecule has 1 heterocycles. The van der Waals surface area contributed by atoms with Crippen molar-refractivity contribution >= 4 is 34.4 Å². The first-order chi connectivity index (χ1) is 14.8. The highest BCUT2D eigenvalue weighted by Gasteiger charge is 2.23. The van der Waals surface area contributed by atoms with Crippen LogP contribution in [0, 0.1) is 26.0 Å². The number of nitro benzene ring substituents is 2. The highest BCUT2D eigenvalue weighted by Crippen LogP contribution is 2.34. The van der Waals surface area contributed by atoms with E-state index in [9.17, 15) is 29.7 Å². The quantitative estimate of drug-likeness (QED) is 0.273. The minimum atomic E-state index is -0.922. The van der Waals surface area contributed by atoms with Crippen LogP contribution in [0.3, 0.4) is 0 Å². The van der Waals surface area contributed by atoms with Crippen LogP contribution in [-0.2, 0) is 0 Å². The van der Waals surface area contributed by atoms with Gasteiger partial charge in [-0.3, -0.25) is 25.2 Å². The Kier molecular flexibility index (Phi) is 4.83. The van der Waals surface area contributed by atoms with Gasteiger partial charge in [-0.2, -0.15) is 0 Å². The van der Waals surface area contributed by atoms with Crippen molar-refractivity contribution in [3.8, 4) is 17.2 Å². The second-order valence-electron chi connectivity index (χ2n) is 6.36. The SMILES string of the molecule is O=[N+]([O-])c1cc(C=Nc2ccc3oc(-c4cccc(F)c4)nc3c2)c(O)c([N+](=O)[O-])c1. The molecule has 10 nitrogen and oxygen atoms in total. The topological polar surface area (TPSA) is 145 Å². The zero-order chi connectivity index (χ0) is 22.1. The first-order valence-electron chi connectivity index (χ1n) is 8.68. The van der Waals surface area contributed by atoms with Gasteiger partial charge < -0.3 is 9.52 Å². The lowest BCUT2D eigenvalue weighted by Gasteiger charge is -2.01. The summed E-state index contributed by atoms with van der Waals surface area (Å²) in [5.41, 5.74) is 0.0898. The Morgan fingerprint density at radius 3 is 2.58 bits per heavy atom. The average Bonchev–Trinajstić information content (AvgIpc) is 3.16. The Hall–Kier alpha value is -4.67. The monoisotopic (exact) mass is 422 g/mol. The molecule has 31 heavy (non-hydrogen) atoms. The van der Waals surface area contributed by atoms with Crippen molar-refractivity contribution in [2.24, 2.45) is 4.99 Å². The minimum Gasteiger partial charge on any atom is -0.502 e. The molecule has 4 rings (SSSR count). The largest absolute Gasteiger partial charge is 0.502 e. The fourth-order valence-electron chi connectivity index (χ4n) is 2.85. The van der Waals surface area contributed by atoms with Gasteiger partial charge in [0, 0.05) is 23.4 Å². The Morgan fingerprint density at radius 2 is 1.87 bits per heavy atom. The van der Waals surface area contributed by atoms with E-state index in [1.807, 2.05) is 0 Å². The van der Waals surface area contributed by atoms with E-state index in [0.29, 0.717) is 28.4 Å². The number of aromatic hydroxyl groups is 1. The van der Waals surface area contributed by atoms with Crippen LogP contribution in [-0.4, -0.2) is 26.2 Å². The van der Waals surface area contributed by atoms with E-state index in [1.165, 1.54) is 18.2 Å². The zero-order valence-corrected chi connectivity index (χ0v) is 15.4. The summed E-state index contributed by atoms with van der Waals surface area (Å²) in [7, 11) is 0. The van der Waals surface area contributed by atoms with Gasteiger partial charge in [0.25, 0.3) is 5.69 Å². The van der Waals surface area contributed by atoms with Gasteiger partial charge in [-0.05, 0) is 36.4 Å². The predicted molar refractivity (Wildman–Crippen MR) is 108 cm³/mol. The number of fused-ring (bicyclic) bond motifs is 1. The standard InChI is InChI=1S/C20H11FN4O6/c21-13-3-1-2-11(6-13)20-23-16-8-14(4-5-18(16)31-20)22-10-12-7-15(24(27)28)9-17(19(12)26)25(29)30/h1-10,26H. The molecule has 0 bridgehead atoms. The number of benzene rings is 3. The lowest BCUT2D eigenvalue weighted by Crippen LogP contribution is -1.96. The summed E-state index contributed by atoms with van der Waals surface area (Å²) in [5, 5.41) is 32.1. The molecule has 3 aromatic carbocycles. The smallest absolute Gasteiger partial charge is 0.318 e. The van der Waals surface area contributed by atoms with Crippen LogP contribution in [0.4, 0.5) is 21.5 Å². The Morgan fingerprint density at radius 1 is 1.06 bits per heavy atom. The summed E-state index contributed by atoms with van der Waals surface area (Å²) in [6, 6.07) is 12.1. The molecule has 0 aliphatic heterocycles. The van der Waals surface area contributed by atoms with E-state index in [1.54, 1.807) is 24.3 Å². The number of hydrogen-bond donors (Lipinski definition) is 1. The lowest BCUT2D eigenvalue weighted by molar-refractivity contribution is -0.394. The second kappa shape index (κ2) is 7.63. The molecule has 154 valence electrons. The molecule has 0 atom stereocenters. The molecule has 0 saturated heterocycles. The minimum absolute atomic E-state index is 0.193. The number of nitro groups is 2. The fourth-order valence-corrected chi connectivity index (χ4v) is 2.85. The molecular formula is C20H11FN4O6. The van der Waals surface area contributed by atoms with Crippen LogP contribution < -0.4 is 0 Å². The first-order valence-corrected chi connectivity index (χ1v) is 8.68. The molecule has 0 aliphatic rings. The number of halogens is 1. The van der Waals surface area contributed by atoms with Crippen LogP contribution in [0.25, 0.3) is 22.6 Å². The van der Waals surface area contributed by atoms with E-state index in [2.05, 4.69) is 9.98 Å².